The zero-order valence-corrected chi connectivity index (χ0v) is 11.6. The largest absolute Gasteiger partial charge is 0.463 e. The Labute approximate surface area is 106 Å². The summed E-state index contributed by atoms with van der Waals surface area (Å²) in [6, 6.07) is 0. The van der Waals surface area contributed by atoms with Gasteiger partial charge in [0.2, 0.25) is 0 Å². The maximum Gasteiger partial charge on any atom is 0.330 e. The Kier molecular flexibility index (Phi) is 11.1. The molecule has 3 nitrogen and oxygen atoms in total. The van der Waals surface area contributed by atoms with Crippen molar-refractivity contribution in [1.82, 2.24) is 5.32 Å². The Hall–Kier alpha value is -0.830. The number of allylic oxidation sites excluding steroid dienone is 1. The number of carbonyl (C=O) groups excluding carboxylic acids is 1. The Morgan fingerprint density at radius 2 is 1.82 bits per heavy atom. The van der Waals surface area contributed by atoms with Gasteiger partial charge in [-0.2, -0.15) is 0 Å². The highest BCUT2D eigenvalue weighted by Crippen LogP contribution is 1.97. The highest BCUT2D eigenvalue weighted by atomic mass is 16.5. The lowest BCUT2D eigenvalue weighted by molar-refractivity contribution is -0.137. The van der Waals surface area contributed by atoms with Crippen molar-refractivity contribution in [3.05, 3.63) is 11.6 Å². The lowest BCUT2D eigenvalue weighted by Gasteiger charge is -2.04. The van der Waals surface area contributed by atoms with Gasteiger partial charge in [-0.05, 0) is 52.6 Å². The van der Waals surface area contributed by atoms with E-state index in [0.29, 0.717) is 6.61 Å². The Balaban J connectivity index is 3.18. The van der Waals surface area contributed by atoms with Crippen molar-refractivity contribution >= 4 is 5.97 Å². The van der Waals surface area contributed by atoms with Crippen LogP contribution in [-0.2, 0) is 9.53 Å². The van der Waals surface area contributed by atoms with Crippen LogP contribution in [0, 0.1) is 0 Å². The number of hydrogen-bond acceptors (Lipinski definition) is 3. The molecule has 0 fully saturated rings. The number of unbranched alkanes of at least 4 members (excludes halogenated alkanes) is 3. The number of rotatable bonds is 10. The number of hydrogen-bond donors (Lipinski definition) is 1. The third kappa shape index (κ3) is 13.1. The predicted octanol–water partition coefficient (Wildman–Crippen LogP) is 3.06. The average Bonchev–Trinajstić information content (AvgIpc) is 2.26. The molecule has 0 aromatic carbocycles. The lowest BCUT2D eigenvalue weighted by Crippen LogP contribution is -2.16. The van der Waals surface area contributed by atoms with Gasteiger partial charge < -0.3 is 10.1 Å². The van der Waals surface area contributed by atoms with E-state index in [1.807, 2.05) is 13.8 Å². The second-order valence-corrected chi connectivity index (χ2v) is 4.55. The van der Waals surface area contributed by atoms with Crippen LogP contribution in [0.3, 0.4) is 0 Å². The highest BCUT2D eigenvalue weighted by Gasteiger charge is 1.97. The van der Waals surface area contributed by atoms with Crippen molar-refractivity contribution in [3.8, 4) is 0 Å². The summed E-state index contributed by atoms with van der Waals surface area (Å²) in [7, 11) is 0. The second kappa shape index (κ2) is 11.6. The van der Waals surface area contributed by atoms with Gasteiger partial charge in [0.15, 0.2) is 0 Å². The molecule has 17 heavy (non-hydrogen) atoms. The number of nitrogens with one attached hydrogen (secondary N) is 1. The minimum atomic E-state index is -0.217. The van der Waals surface area contributed by atoms with Crippen molar-refractivity contribution in [3.63, 3.8) is 0 Å². The molecule has 0 aliphatic rings. The molecule has 0 bridgehead atoms. The van der Waals surface area contributed by atoms with E-state index in [9.17, 15) is 4.79 Å². The molecule has 0 saturated carbocycles. The zero-order chi connectivity index (χ0) is 12.9. The van der Waals surface area contributed by atoms with Crippen LogP contribution < -0.4 is 5.32 Å². The number of carbonyl (C=O) groups is 1. The van der Waals surface area contributed by atoms with Crippen LogP contribution in [0.4, 0.5) is 0 Å². The number of esters is 1. The van der Waals surface area contributed by atoms with Gasteiger partial charge in [-0.25, -0.2) is 4.79 Å². The van der Waals surface area contributed by atoms with E-state index in [-0.39, 0.29) is 5.97 Å². The molecule has 0 aromatic heterocycles. The van der Waals surface area contributed by atoms with Crippen LogP contribution >= 0.6 is 0 Å². The Morgan fingerprint density at radius 3 is 2.47 bits per heavy atom. The van der Waals surface area contributed by atoms with Gasteiger partial charge in [0.25, 0.3) is 0 Å². The molecule has 1 N–H and O–H groups in total. The van der Waals surface area contributed by atoms with Crippen LogP contribution in [0.25, 0.3) is 0 Å². The highest BCUT2D eigenvalue weighted by molar-refractivity contribution is 5.82. The van der Waals surface area contributed by atoms with E-state index in [1.54, 1.807) is 0 Å². The predicted molar refractivity (Wildman–Crippen MR) is 72.0 cm³/mol. The summed E-state index contributed by atoms with van der Waals surface area (Å²) in [5, 5.41) is 3.39. The normalized spacial score (nSPS) is 10.1. The van der Waals surface area contributed by atoms with Crippen molar-refractivity contribution in [2.24, 2.45) is 0 Å². The quantitative estimate of drug-likeness (QED) is 0.363. The van der Waals surface area contributed by atoms with Crippen molar-refractivity contribution in [2.75, 3.05) is 19.7 Å². The monoisotopic (exact) mass is 241 g/mol. The first kappa shape index (κ1) is 16.2. The van der Waals surface area contributed by atoms with Gasteiger partial charge in [0.1, 0.15) is 0 Å². The summed E-state index contributed by atoms with van der Waals surface area (Å²) in [4.78, 5) is 11.1. The van der Waals surface area contributed by atoms with E-state index in [0.717, 1.165) is 37.9 Å². The summed E-state index contributed by atoms with van der Waals surface area (Å²) in [6.45, 7) is 8.71. The molecule has 0 aliphatic carbocycles. The van der Waals surface area contributed by atoms with Crippen molar-refractivity contribution in [2.45, 2.75) is 52.9 Å². The van der Waals surface area contributed by atoms with Crippen molar-refractivity contribution in [1.29, 1.82) is 0 Å². The molecule has 0 saturated heterocycles. The average molecular weight is 241 g/mol. The maximum atomic E-state index is 11.1. The van der Waals surface area contributed by atoms with E-state index in [4.69, 9.17) is 4.74 Å². The lowest BCUT2D eigenvalue weighted by atomic mass is 10.2. The van der Waals surface area contributed by atoms with Gasteiger partial charge >= 0.3 is 5.97 Å². The van der Waals surface area contributed by atoms with E-state index < -0.39 is 0 Å². The molecule has 0 rings (SSSR count). The Morgan fingerprint density at radius 1 is 1.12 bits per heavy atom. The first-order chi connectivity index (χ1) is 8.16. The third-order valence-electron chi connectivity index (χ3n) is 2.36. The van der Waals surface area contributed by atoms with E-state index >= 15 is 0 Å². The fourth-order valence-electron chi connectivity index (χ4n) is 1.41. The van der Waals surface area contributed by atoms with Gasteiger partial charge in [-0.1, -0.05) is 18.9 Å². The first-order valence-electron chi connectivity index (χ1n) is 6.69. The molecule has 0 amide bonds. The first-order valence-corrected chi connectivity index (χ1v) is 6.69. The zero-order valence-electron chi connectivity index (χ0n) is 11.6. The molecule has 0 aromatic rings. The molecular weight excluding hydrogens is 214 g/mol. The molecule has 0 unspecified atom stereocenters. The second-order valence-electron chi connectivity index (χ2n) is 4.55. The van der Waals surface area contributed by atoms with Crippen LogP contribution in [0.1, 0.15) is 52.9 Å². The van der Waals surface area contributed by atoms with Gasteiger partial charge in [-0.15, -0.1) is 0 Å². The molecule has 0 radical (unpaired) electrons. The van der Waals surface area contributed by atoms with Gasteiger partial charge in [-0.3, -0.25) is 0 Å². The van der Waals surface area contributed by atoms with Crippen LogP contribution in [-0.4, -0.2) is 25.7 Å². The van der Waals surface area contributed by atoms with E-state index in [1.165, 1.54) is 18.9 Å². The molecule has 100 valence electrons. The molecule has 0 heterocycles. The molecule has 0 aliphatic heterocycles. The fraction of sp³-hybridized carbons (Fsp3) is 0.786. The van der Waals surface area contributed by atoms with Crippen LogP contribution in [0.15, 0.2) is 11.6 Å². The topological polar surface area (TPSA) is 38.3 Å². The molecular formula is C14H27NO2. The third-order valence-corrected chi connectivity index (χ3v) is 2.36. The summed E-state index contributed by atoms with van der Waals surface area (Å²) in [6.07, 6.45) is 7.25. The standard InChI is InChI=1S/C14H27NO2/c1-4-5-9-15-10-7-6-8-11-17-14(16)12-13(2)3/h12,15H,4-11H2,1-3H3. The molecule has 0 atom stereocenters. The summed E-state index contributed by atoms with van der Waals surface area (Å²) in [5.74, 6) is -0.217. The van der Waals surface area contributed by atoms with Gasteiger partial charge in [0, 0.05) is 6.08 Å². The number of ether oxygens (including phenoxy) is 1. The Bertz CT molecular complexity index is 220. The summed E-state index contributed by atoms with van der Waals surface area (Å²) in [5.41, 5.74) is 0.982. The minimum absolute atomic E-state index is 0.217. The fourth-order valence-corrected chi connectivity index (χ4v) is 1.41. The summed E-state index contributed by atoms with van der Waals surface area (Å²) < 4.78 is 5.06. The van der Waals surface area contributed by atoms with Gasteiger partial charge in [0.05, 0.1) is 6.61 Å². The molecule has 3 heteroatoms. The minimum Gasteiger partial charge on any atom is -0.463 e. The summed E-state index contributed by atoms with van der Waals surface area (Å²) >= 11 is 0. The molecule has 0 spiro atoms. The van der Waals surface area contributed by atoms with Crippen molar-refractivity contribution < 1.29 is 9.53 Å². The van der Waals surface area contributed by atoms with Crippen LogP contribution in [0.5, 0.6) is 0 Å². The maximum absolute atomic E-state index is 11.1. The van der Waals surface area contributed by atoms with E-state index in [2.05, 4.69) is 12.2 Å². The van der Waals surface area contributed by atoms with Crippen LogP contribution in [0.2, 0.25) is 0 Å². The SMILES string of the molecule is CCCCNCCCCCOC(=O)C=C(C)C. The smallest absolute Gasteiger partial charge is 0.330 e.